The van der Waals surface area contributed by atoms with Crippen LogP contribution in [-0.2, 0) is 0 Å². The highest BCUT2D eigenvalue weighted by Gasteiger charge is 2.19. The van der Waals surface area contributed by atoms with Crippen LogP contribution in [-0.4, -0.2) is 9.95 Å². The summed E-state index contributed by atoms with van der Waals surface area (Å²) in [6, 6.07) is 8.42. The maximum absolute atomic E-state index is 4.89. The van der Waals surface area contributed by atoms with E-state index >= 15 is 0 Å². The minimum atomic E-state index is 0.447. The summed E-state index contributed by atoms with van der Waals surface area (Å²) in [7, 11) is 0. The third kappa shape index (κ3) is 1.45. The fraction of sp³-hybridized carbons (Fsp3) is 0.125. The van der Waals surface area contributed by atoms with Gasteiger partial charge in [-0.1, -0.05) is 24.4 Å². The maximum atomic E-state index is 4.89. The topological polar surface area (TPSA) is 0 Å². The van der Waals surface area contributed by atoms with Gasteiger partial charge in [-0.05, 0) is 12.1 Å². The van der Waals surface area contributed by atoms with Crippen molar-refractivity contribution in [2.45, 2.75) is 14.4 Å². The third-order valence-electron chi connectivity index (χ3n) is 1.45. The molecule has 1 aliphatic rings. The summed E-state index contributed by atoms with van der Waals surface area (Å²) in [5, 5.41) is 1.83. The van der Waals surface area contributed by atoms with Gasteiger partial charge in [-0.2, -0.15) is 0 Å². The van der Waals surface area contributed by atoms with Gasteiger partial charge in [0.05, 0.1) is 4.58 Å². The molecule has 1 aromatic carbocycles. The molecule has 0 aromatic heterocycles. The maximum Gasteiger partial charge on any atom is 0.0878 e. The summed E-state index contributed by atoms with van der Waals surface area (Å²) in [4.78, 5) is 2.73. The predicted octanol–water partition coefficient (Wildman–Crippen LogP) is 3.21. The van der Waals surface area contributed by atoms with Gasteiger partial charge in [0.25, 0.3) is 0 Å². The molecule has 0 bridgehead atoms. The highest BCUT2D eigenvalue weighted by atomic mass is 32.2. The highest BCUT2D eigenvalue weighted by Crippen LogP contribution is 2.46. The second-order valence-electron chi connectivity index (χ2n) is 2.19. The lowest BCUT2D eigenvalue weighted by Crippen LogP contribution is -1.87. The lowest BCUT2D eigenvalue weighted by atomic mass is 10.4. The van der Waals surface area contributed by atoms with Gasteiger partial charge in [0.15, 0.2) is 0 Å². The SMILES string of the molecule is S=CC1Sc2ccccc2S1. The molecule has 0 fully saturated rings. The number of benzene rings is 1. The fourth-order valence-electron chi connectivity index (χ4n) is 0.975. The summed E-state index contributed by atoms with van der Waals surface area (Å²) in [6.07, 6.45) is 0. The van der Waals surface area contributed by atoms with Crippen LogP contribution in [0.3, 0.4) is 0 Å². The minimum absolute atomic E-state index is 0.447. The van der Waals surface area contributed by atoms with E-state index < -0.39 is 0 Å². The molecule has 1 heterocycles. The monoisotopic (exact) mass is 198 g/mol. The van der Waals surface area contributed by atoms with Crippen LogP contribution >= 0.6 is 35.7 Å². The first-order valence-electron chi connectivity index (χ1n) is 3.28. The van der Waals surface area contributed by atoms with Crippen molar-refractivity contribution < 1.29 is 0 Å². The van der Waals surface area contributed by atoms with Gasteiger partial charge in [0.2, 0.25) is 0 Å². The Labute approximate surface area is 79.8 Å². The van der Waals surface area contributed by atoms with E-state index in [0.29, 0.717) is 4.58 Å². The molecule has 0 N–H and O–H groups in total. The molecule has 1 aromatic rings. The van der Waals surface area contributed by atoms with Crippen molar-refractivity contribution in [2.24, 2.45) is 0 Å². The van der Waals surface area contributed by atoms with E-state index in [2.05, 4.69) is 24.3 Å². The molecule has 2 rings (SSSR count). The van der Waals surface area contributed by atoms with E-state index in [1.165, 1.54) is 9.79 Å². The van der Waals surface area contributed by atoms with Gasteiger partial charge in [-0.3, -0.25) is 0 Å². The lowest BCUT2D eigenvalue weighted by molar-refractivity contribution is 1.27. The number of hydrogen-bond donors (Lipinski definition) is 0. The van der Waals surface area contributed by atoms with Crippen LogP contribution < -0.4 is 0 Å². The second-order valence-corrected chi connectivity index (χ2v) is 5.12. The van der Waals surface area contributed by atoms with Gasteiger partial charge in [-0.15, -0.1) is 23.5 Å². The second kappa shape index (κ2) is 3.17. The molecule has 0 saturated carbocycles. The first-order valence-corrected chi connectivity index (χ1v) is 5.51. The highest BCUT2D eigenvalue weighted by molar-refractivity contribution is 8.21. The van der Waals surface area contributed by atoms with E-state index in [4.69, 9.17) is 12.2 Å². The smallest absolute Gasteiger partial charge is 0.0878 e. The minimum Gasteiger partial charge on any atom is -0.105 e. The molecule has 0 saturated heterocycles. The normalized spacial score (nSPS) is 16.4. The number of fused-ring (bicyclic) bond motifs is 1. The molecule has 0 spiro atoms. The van der Waals surface area contributed by atoms with Crippen molar-refractivity contribution in [3.8, 4) is 0 Å². The Morgan fingerprint density at radius 2 is 1.73 bits per heavy atom. The molecule has 0 unspecified atom stereocenters. The number of hydrogen-bond acceptors (Lipinski definition) is 3. The van der Waals surface area contributed by atoms with Gasteiger partial charge in [-0.25, -0.2) is 0 Å². The summed E-state index contributed by atoms with van der Waals surface area (Å²) in [6.45, 7) is 0. The number of rotatable bonds is 1. The first-order chi connectivity index (χ1) is 5.40. The molecule has 3 heteroatoms. The van der Waals surface area contributed by atoms with E-state index in [-0.39, 0.29) is 0 Å². The van der Waals surface area contributed by atoms with Crippen LogP contribution in [0, 0.1) is 0 Å². The van der Waals surface area contributed by atoms with Crippen molar-refractivity contribution in [1.82, 2.24) is 0 Å². The molecule has 0 nitrogen and oxygen atoms in total. The van der Waals surface area contributed by atoms with E-state index in [0.717, 1.165) is 0 Å². The lowest BCUT2D eigenvalue weighted by Gasteiger charge is -1.93. The Bertz CT molecular complexity index is 257. The summed E-state index contributed by atoms with van der Waals surface area (Å²) < 4.78 is 0.447. The summed E-state index contributed by atoms with van der Waals surface area (Å²) >= 11 is 8.57. The van der Waals surface area contributed by atoms with Crippen LogP contribution in [0.25, 0.3) is 0 Å². The first kappa shape index (κ1) is 7.65. The van der Waals surface area contributed by atoms with Crippen LogP contribution in [0.1, 0.15) is 0 Å². The van der Waals surface area contributed by atoms with Crippen LogP contribution in [0.5, 0.6) is 0 Å². The number of thioether (sulfide) groups is 2. The fourth-order valence-corrected chi connectivity index (χ4v) is 3.71. The van der Waals surface area contributed by atoms with Crippen molar-refractivity contribution in [1.29, 1.82) is 0 Å². The Morgan fingerprint density at radius 1 is 1.18 bits per heavy atom. The summed E-state index contributed by atoms with van der Waals surface area (Å²) in [5.41, 5.74) is 0. The van der Waals surface area contributed by atoms with Crippen molar-refractivity contribution in [3.63, 3.8) is 0 Å². The Hall–Kier alpha value is 0.01000. The Kier molecular flexibility index (Phi) is 2.20. The zero-order valence-corrected chi connectivity index (χ0v) is 8.14. The zero-order chi connectivity index (χ0) is 7.68. The molecule has 0 amide bonds. The Balaban J connectivity index is 2.33. The van der Waals surface area contributed by atoms with E-state index in [1.54, 1.807) is 0 Å². The van der Waals surface area contributed by atoms with Gasteiger partial charge in [0.1, 0.15) is 0 Å². The summed E-state index contributed by atoms with van der Waals surface area (Å²) in [5.74, 6) is 0. The predicted molar refractivity (Wildman–Crippen MR) is 55.6 cm³/mol. The molecule has 1 aliphatic heterocycles. The van der Waals surface area contributed by atoms with Crippen LogP contribution in [0.2, 0.25) is 0 Å². The quantitative estimate of drug-likeness (QED) is 0.636. The molecule has 11 heavy (non-hydrogen) atoms. The molecular weight excluding hydrogens is 192 g/mol. The average Bonchev–Trinajstić information content (AvgIpc) is 2.46. The van der Waals surface area contributed by atoms with E-state index in [1.807, 2.05) is 28.9 Å². The van der Waals surface area contributed by atoms with Gasteiger partial charge >= 0.3 is 0 Å². The molecule has 0 radical (unpaired) electrons. The third-order valence-corrected chi connectivity index (χ3v) is 4.73. The van der Waals surface area contributed by atoms with Crippen molar-refractivity contribution >= 4 is 41.1 Å². The van der Waals surface area contributed by atoms with Gasteiger partial charge in [0, 0.05) is 15.2 Å². The van der Waals surface area contributed by atoms with Crippen molar-refractivity contribution in [2.75, 3.05) is 0 Å². The number of thiocarbonyl (C=S) groups is 1. The van der Waals surface area contributed by atoms with Crippen molar-refractivity contribution in [3.05, 3.63) is 24.3 Å². The Morgan fingerprint density at radius 3 is 2.18 bits per heavy atom. The van der Waals surface area contributed by atoms with Crippen LogP contribution in [0.4, 0.5) is 0 Å². The van der Waals surface area contributed by atoms with Crippen LogP contribution in [0.15, 0.2) is 34.1 Å². The molecule has 56 valence electrons. The average molecular weight is 198 g/mol. The van der Waals surface area contributed by atoms with E-state index in [9.17, 15) is 0 Å². The molecule has 0 atom stereocenters. The van der Waals surface area contributed by atoms with Gasteiger partial charge < -0.3 is 0 Å². The standard InChI is InChI=1S/C8H6S3/c9-5-8-10-6-3-1-2-4-7(6)11-8/h1-5,8H. The largest absolute Gasteiger partial charge is 0.105 e. The molecule has 0 aliphatic carbocycles. The molecular formula is C8H6S3. The zero-order valence-electron chi connectivity index (χ0n) is 5.69.